The van der Waals surface area contributed by atoms with Crippen molar-refractivity contribution in [2.75, 3.05) is 0 Å². The number of phenols is 1. The molecule has 0 aliphatic carbocycles. The molecule has 0 radical (unpaired) electrons. The fourth-order valence-electron chi connectivity index (χ4n) is 3.46. The second-order valence-corrected chi connectivity index (χ2v) is 7.18. The first-order valence-corrected chi connectivity index (χ1v) is 9.39. The molecule has 3 aromatic carbocycles. The molecule has 0 unspecified atom stereocenters. The van der Waals surface area contributed by atoms with Gasteiger partial charge in [-0.2, -0.15) is 0 Å². The SMILES string of the molecule is CC(C)c1cccc(-n2c(C(=O)O)c(Oc3cccc(O)c3)c3ccccc32)c1. The second-order valence-electron chi connectivity index (χ2n) is 7.18. The monoisotopic (exact) mass is 387 g/mol. The van der Waals surface area contributed by atoms with Crippen LogP contribution in [0.4, 0.5) is 0 Å². The molecule has 0 aliphatic rings. The van der Waals surface area contributed by atoms with E-state index in [1.165, 1.54) is 12.1 Å². The van der Waals surface area contributed by atoms with E-state index < -0.39 is 5.97 Å². The van der Waals surface area contributed by atoms with Crippen molar-refractivity contribution in [2.24, 2.45) is 0 Å². The lowest BCUT2D eigenvalue weighted by Crippen LogP contribution is -2.08. The van der Waals surface area contributed by atoms with Crippen LogP contribution in [0.3, 0.4) is 0 Å². The summed E-state index contributed by atoms with van der Waals surface area (Å²) in [5.74, 6) is -0.118. The Morgan fingerprint density at radius 1 is 0.966 bits per heavy atom. The van der Waals surface area contributed by atoms with Gasteiger partial charge < -0.3 is 19.5 Å². The predicted octanol–water partition coefficient (Wildman–Crippen LogP) is 5.95. The zero-order chi connectivity index (χ0) is 20.5. The summed E-state index contributed by atoms with van der Waals surface area (Å²) in [6.45, 7) is 4.20. The molecule has 5 nitrogen and oxygen atoms in total. The van der Waals surface area contributed by atoms with Gasteiger partial charge in [0.25, 0.3) is 0 Å². The fourth-order valence-corrected chi connectivity index (χ4v) is 3.46. The summed E-state index contributed by atoms with van der Waals surface area (Å²) < 4.78 is 7.69. The van der Waals surface area contributed by atoms with Crippen LogP contribution in [0.15, 0.2) is 72.8 Å². The van der Waals surface area contributed by atoms with Crippen molar-refractivity contribution in [3.05, 3.63) is 84.1 Å². The summed E-state index contributed by atoms with van der Waals surface area (Å²) in [5.41, 5.74) is 2.65. The Morgan fingerprint density at radius 2 is 1.72 bits per heavy atom. The highest BCUT2D eigenvalue weighted by Crippen LogP contribution is 2.39. The number of phenolic OH excluding ortho intramolecular Hbond substituents is 1. The number of nitrogens with zero attached hydrogens (tertiary/aromatic N) is 1. The summed E-state index contributed by atoms with van der Waals surface area (Å²) in [6, 6.07) is 21.6. The van der Waals surface area contributed by atoms with Crippen LogP contribution >= 0.6 is 0 Å². The van der Waals surface area contributed by atoms with Crippen molar-refractivity contribution >= 4 is 16.9 Å². The number of aromatic nitrogens is 1. The Morgan fingerprint density at radius 3 is 2.45 bits per heavy atom. The third-order valence-corrected chi connectivity index (χ3v) is 4.86. The highest BCUT2D eigenvalue weighted by Gasteiger charge is 2.25. The molecule has 0 fully saturated rings. The number of ether oxygens (including phenoxy) is 1. The van der Waals surface area contributed by atoms with Crippen LogP contribution in [0.2, 0.25) is 0 Å². The normalized spacial score (nSPS) is 11.1. The zero-order valence-electron chi connectivity index (χ0n) is 16.2. The largest absolute Gasteiger partial charge is 0.508 e. The molecule has 4 rings (SSSR count). The van der Waals surface area contributed by atoms with Gasteiger partial charge in [0.2, 0.25) is 0 Å². The Kier molecular flexibility index (Phi) is 4.72. The highest BCUT2D eigenvalue weighted by atomic mass is 16.5. The molecule has 1 aromatic heterocycles. The highest BCUT2D eigenvalue weighted by molar-refractivity contribution is 6.02. The average molecular weight is 387 g/mol. The smallest absolute Gasteiger partial charge is 0.356 e. The first-order chi connectivity index (χ1) is 14.0. The molecule has 1 heterocycles. The third-order valence-electron chi connectivity index (χ3n) is 4.86. The molecular weight excluding hydrogens is 366 g/mol. The van der Waals surface area contributed by atoms with Crippen molar-refractivity contribution in [3.8, 4) is 22.9 Å². The van der Waals surface area contributed by atoms with Gasteiger partial charge in [-0.15, -0.1) is 0 Å². The second kappa shape index (κ2) is 7.36. The van der Waals surface area contributed by atoms with Crippen LogP contribution in [0.25, 0.3) is 16.6 Å². The lowest BCUT2D eigenvalue weighted by atomic mass is 10.0. The summed E-state index contributed by atoms with van der Waals surface area (Å²) in [7, 11) is 0. The van der Waals surface area contributed by atoms with Gasteiger partial charge in [-0.3, -0.25) is 0 Å². The molecule has 146 valence electrons. The maximum absolute atomic E-state index is 12.3. The van der Waals surface area contributed by atoms with Gasteiger partial charge in [0, 0.05) is 17.1 Å². The molecule has 0 saturated heterocycles. The first-order valence-electron chi connectivity index (χ1n) is 9.39. The van der Waals surface area contributed by atoms with Crippen LogP contribution in [0.5, 0.6) is 17.2 Å². The third kappa shape index (κ3) is 3.43. The molecule has 0 spiro atoms. The molecule has 4 aromatic rings. The van der Waals surface area contributed by atoms with Gasteiger partial charge in [-0.25, -0.2) is 4.79 Å². The van der Waals surface area contributed by atoms with E-state index in [4.69, 9.17) is 4.74 Å². The maximum Gasteiger partial charge on any atom is 0.356 e. The van der Waals surface area contributed by atoms with Crippen LogP contribution in [-0.4, -0.2) is 20.7 Å². The minimum Gasteiger partial charge on any atom is -0.508 e. The van der Waals surface area contributed by atoms with Crippen LogP contribution in [0.1, 0.15) is 35.8 Å². The number of benzene rings is 3. The van der Waals surface area contributed by atoms with Crippen molar-refractivity contribution < 1.29 is 19.7 Å². The lowest BCUT2D eigenvalue weighted by molar-refractivity contribution is 0.0686. The number of fused-ring (bicyclic) bond motifs is 1. The van der Waals surface area contributed by atoms with E-state index >= 15 is 0 Å². The molecule has 0 amide bonds. The van der Waals surface area contributed by atoms with Gasteiger partial charge in [-0.1, -0.05) is 44.2 Å². The van der Waals surface area contributed by atoms with Crippen molar-refractivity contribution in [3.63, 3.8) is 0 Å². The molecule has 0 atom stereocenters. The molecule has 2 N–H and O–H groups in total. The number of aromatic hydroxyl groups is 1. The molecule has 0 bridgehead atoms. The minimum absolute atomic E-state index is 0.0375. The first kappa shape index (κ1) is 18.6. The molecule has 5 heteroatoms. The summed E-state index contributed by atoms with van der Waals surface area (Å²) in [5, 5.41) is 20.5. The molecular formula is C24H21NO4. The topological polar surface area (TPSA) is 71.7 Å². The van der Waals surface area contributed by atoms with Crippen LogP contribution in [-0.2, 0) is 0 Å². The maximum atomic E-state index is 12.3. The van der Waals surface area contributed by atoms with Gasteiger partial charge in [0.05, 0.1) is 5.52 Å². The number of para-hydroxylation sites is 1. The van der Waals surface area contributed by atoms with E-state index in [2.05, 4.69) is 13.8 Å². The summed E-state index contributed by atoms with van der Waals surface area (Å²) in [4.78, 5) is 12.3. The number of hydrogen-bond acceptors (Lipinski definition) is 3. The lowest BCUT2D eigenvalue weighted by Gasteiger charge is -2.12. The van der Waals surface area contributed by atoms with E-state index in [1.807, 2.05) is 48.5 Å². The summed E-state index contributed by atoms with van der Waals surface area (Å²) in [6.07, 6.45) is 0. The average Bonchev–Trinajstić information content (AvgIpc) is 3.03. The number of carboxylic acids is 1. The minimum atomic E-state index is -1.09. The standard InChI is InChI=1S/C24H21NO4/c1-15(2)16-7-5-8-17(13-16)25-21-12-4-3-11-20(21)23(22(25)24(27)28)29-19-10-6-9-18(26)14-19/h3-15,26H,1-2H3,(H,27,28). The van der Waals surface area contributed by atoms with Crippen molar-refractivity contribution in [1.29, 1.82) is 0 Å². The predicted molar refractivity (Wildman–Crippen MR) is 113 cm³/mol. The van der Waals surface area contributed by atoms with E-state index in [0.717, 1.165) is 16.8 Å². The van der Waals surface area contributed by atoms with E-state index in [-0.39, 0.29) is 17.2 Å². The van der Waals surface area contributed by atoms with Gasteiger partial charge in [0.1, 0.15) is 11.5 Å². The van der Waals surface area contributed by atoms with Gasteiger partial charge in [-0.05, 0) is 47.9 Å². The Balaban J connectivity index is 1.99. The van der Waals surface area contributed by atoms with Gasteiger partial charge in [0.15, 0.2) is 11.4 Å². The zero-order valence-corrected chi connectivity index (χ0v) is 16.2. The van der Waals surface area contributed by atoms with Crippen LogP contribution < -0.4 is 4.74 Å². The van der Waals surface area contributed by atoms with Crippen molar-refractivity contribution in [2.45, 2.75) is 19.8 Å². The van der Waals surface area contributed by atoms with Gasteiger partial charge >= 0.3 is 5.97 Å². The number of hydrogen-bond donors (Lipinski definition) is 2. The number of rotatable bonds is 5. The van der Waals surface area contributed by atoms with E-state index in [1.54, 1.807) is 16.7 Å². The fraction of sp³-hybridized carbons (Fsp3) is 0.125. The van der Waals surface area contributed by atoms with Crippen LogP contribution in [0, 0.1) is 0 Å². The van der Waals surface area contributed by atoms with E-state index in [9.17, 15) is 15.0 Å². The number of carbonyl (C=O) groups is 1. The molecule has 29 heavy (non-hydrogen) atoms. The summed E-state index contributed by atoms with van der Waals surface area (Å²) >= 11 is 0. The molecule has 0 saturated carbocycles. The van der Waals surface area contributed by atoms with Crippen molar-refractivity contribution in [1.82, 2.24) is 4.57 Å². The Bertz CT molecular complexity index is 1210. The number of aromatic carboxylic acids is 1. The van der Waals surface area contributed by atoms with E-state index in [0.29, 0.717) is 17.1 Å². The number of carboxylic acid groups (broad SMARTS) is 1. The Hall–Kier alpha value is -3.73. The quantitative estimate of drug-likeness (QED) is 0.444. The molecule has 0 aliphatic heterocycles. The Labute approximate surface area is 168 Å².